The smallest absolute Gasteiger partial charge is 0.264 e. The number of fused-ring (bicyclic) bond motifs is 1. The number of amides is 1. The summed E-state index contributed by atoms with van der Waals surface area (Å²) in [6, 6.07) is 23.1. The van der Waals surface area contributed by atoms with Crippen molar-refractivity contribution in [2.75, 3.05) is 34.6 Å². The largest absolute Gasteiger partial charge is 0.497 e. The Bertz CT molecular complexity index is 1810. The van der Waals surface area contributed by atoms with Crippen LogP contribution >= 0.6 is 11.6 Å². The normalized spacial score (nSPS) is 12.9. The van der Waals surface area contributed by atoms with E-state index in [1.54, 1.807) is 42.5 Å². The Morgan fingerprint density at radius 1 is 0.833 bits per heavy atom. The van der Waals surface area contributed by atoms with E-state index in [1.807, 2.05) is 0 Å². The Balaban J connectivity index is 1.19. The quantitative estimate of drug-likeness (QED) is 0.255. The standard InChI is InChI=1S/C29H26ClN3O7S2/c1-39-24-8-6-22(7-9-24)32-41(35,36)26-14-10-25(11-15-26)40-19-29(34)31-23-5-2-20-16-17-33(28(20)18-23)42(37,38)27-12-3-21(30)4-13-27/h2-15,18,32H,16-17,19H2,1H3,(H,31,34). The van der Waals surface area contributed by atoms with Gasteiger partial charge in [0.15, 0.2) is 6.61 Å². The van der Waals surface area contributed by atoms with Crippen molar-refractivity contribution in [2.45, 2.75) is 16.2 Å². The number of methoxy groups -OCH3 is 1. The van der Waals surface area contributed by atoms with E-state index in [0.29, 0.717) is 40.0 Å². The number of carbonyl (C=O) groups excluding carboxylic acids is 1. The maximum atomic E-state index is 13.2. The molecule has 0 spiro atoms. The fourth-order valence-corrected chi connectivity index (χ4v) is 7.02. The third-order valence-electron chi connectivity index (χ3n) is 6.47. The van der Waals surface area contributed by atoms with Gasteiger partial charge in [0, 0.05) is 22.9 Å². The van der Waals surface area contributed by atoms with Crippen LogP contribution in [0.4, 0.5) is 17.1 Å². The van der Waals surface area contributed by atoms with Gasteiger partial charge in [-0.1, -0.05) is 17.7 Å². The molecule has 0 aliphatic carbocycles. The molecule has 13 heteroatoms. The number of carbonyl (C=O) groups is 1. The zero-order valence-electron chi connectivity index (χ0n) is 22.3. The Hall–Kier alpha value is -4.26. The number of halogens is 1. The summed E-state index contributed by atoms with van der Waals surface area (Å²) in [4.78, 5) is 12.7. The van der Waals surface area contributed by atoms with Crippen molar-refractivity contribution in [2.24, 2.45) is 0 Å². The van der Waals surface area contributed by atoms with Crippen molar-refractivity contribution < 1.29 is 31.1 Å². The number of ether oxygens (including phenoxy) is 2. The van der Waals surface area contributed by atoms with Gasteiger partial charge >= 0.3 is 0 Å². The minimum atomic E-state index is -3.84. The van der Waals surface area contributed by atoms with Gasteiger partial charge in [-0.25, -0.2) is 16.8 Å². The first kappa shape index (κ1) is 29.2. The summed E-state index contributed by atoms with van der Waals surface area (Å²) in [7, 11) is -6.13. The maximum absolute atomic E-state index is 13.2. The van der Waals surface area contributed by atoms with Crippen LogP contribution in [-0.4, -0.2) is 43.0 Å². The summed E-state index contributed by atoms with van der Waals surface area (Å²) >= 11 is 5.91. The molecule has 0 radical (unpaired) electrons. The van der Waals surface area contributed by atoms with Gasteiger partial charge in [-0.2, -0.15) is 0 Å². The van der Waals surface area contributed by atoms with Crippen molar-refractivity contribution in [3.63, 3.8) is 0 Å². The molecular formula is C29H26ClN3O7S2. The van der Waals surface area contributed by atoms with Gasteiger partial charge in [-0.15, -0.1) is 0 Å². The number of rotatable bonds is 10. The highest BCUT2D eigenvalue weighted by molar-refractivity contribution is 7.93. The molecule has 0 atom stereocenters. The minimum Gasteiger partial charge on any atom is -0.497 e. The van der Waals surface area contributed by atoms with Crippen molar-refractivity contribution >= 4 is 54.6 Å². The van der Waals surface area contributed by atoms with Crippen LogP contribution < -0.4 is 23.8 Å². The molecule has 0 saturated heterocycles. The van der Waals surface area contributed by atoms with Crippen LogP contribution in [0.3, 0.4) is 0 Å². The molecule has 5 rings (SSSR count). The molecule has 1 aliphatic heterocycles. The second kappa shape index (κ2) is 11.9. The predicted octanol–water partition coefficient (Wildman–Crippen LogP) is 4.92. The van der Waals surface area contributed by atoms with Gasteiger partial charge in [-0.3, -0.25) is 13.8 Å². The van der Waals surface area contributed by atoms with E-state index >= 15 is 0 Å². The monoisotopic (exact) mass is 627 g/mol. The Labute approximate surface area is 248 Å². The lowest BCUT2D eigenvalue weighted by atomic mass is 10.1. The molecule has 1 aliphatic rings. The predicted molar refractivity (Wildman–Crippen MR) is 160 cm³/mol. The van der Waals surface area contributed by atoms with Gasteiger partial charge in [-0.05, 0) is 96.9 Å². The zero-order chi connectivity index (χ0) is 29.9. The van der Waals surface area contributed by atoms with E-state index in [-0.39, 0.29) is 22.9 Å². The minimum absolute atomic E-state index is 0.0198. The van der Waals surface area contributed by atoms with Gasteiger partial charge in [0.05, 0.1) is 22.6 Å². The number of hydrogen-bond acceptors (Lipinski definition) is 7. The van der Waals surface area contributed by atoms with Crippen LogP contribution in [0.2, 0.25) is 5.02 Å². The summed E-state index contributed by atoms with van der Waals surface area (Å²) in [6.45, 7) is -0.0673. The average molecular weight is 628 g/mol. The van der Waals surface area contributed by atoms with Gasteiger partial charge in [0.2, 0.25) is 0 Å². The number of hydrogen-bond donors (Lipinski definition) is 2. The van der Waals surface area contributed by atoms with Crippen LogP contribution in [-0.2, 0) is 31.3 Å². The fraction of sp³-hybridized carbons (Fsp3) is 0.138. The third-order valence-corrected chi connectivity index (χ3v) is 9.95. The summed E-state index contributed by atoms with van der Waals surface area (Å²) in [5, 5.41) is 3.15. The number of sulfonamides is 2. The highest BCUT2D eigenvalue weighted by Crippen LogP contribution is 2.35. The molecule has 1 amide bonds. The number of nitrogens with one attached hydrogen (secondary N) is 2. The van der Waals surface area contributed by atoms with Gasteiger partial charge in [0.1, 0.15) is 11.5 Å². The van der Waals surface area contributed by atoms with E-state index < -0.39 is 26.0 Å². The lowest BCUT2D eigenvalue weighted by molar-refractivity contribution is -0.118. The third kappa shape index (κ3) is 6.46. The summed E-state index contributed by atoms with van der Waals surface area (Å²) in [5.74, 6) is 0.421. The maximum Gasteiger partial charge on any atom is 0.264 e. The highest BCUT2D eigenvalue weighted by atomic mass is 35.5. The van der Waals surface area contributed by atoms with Crippen LogP contribution in [0.15, 0.2) is 101 Å². The number of benzene rings is 4. The molecule has 0 aromatic heterocycles. The fourth-order valence-electron chi connectivity index (χ4n) is 4.35. The lowest BCUT2D eigenvalue weighted by Crippen LogP contribution is -2.29. The van der Waals surface area contributed by atoms with Crippen LogP contribution in [0.5, 0.6) is 11.5 Å². The molecule has 218 valence electrons. The Morgan fingerprint density at radius 2 is 1.45 bits per heavy atom. The molecule has 0 bridgehead atoms. The molecule has 4 aromatic rings. The zero-order valence-corrected chi connectivity index (χ0v) is 24.7. The van der Waals surface area contributed by atoms with E-state index in [2.05, 4.69) is 10.0 Å². The lowest BCUT2D eigenvalue weighted by Gasteiger charge is -2.20. The van der Waals surface area contributed by atoms with E-state index in [4.69, 9.17) is 21.1 Å². The first-order valence-electron chi connectivity index (χ1n) is 12.7. The van der Waals surface area contributed by atoms with E-state index in [0.717, 1.165) is 5.56 Å². The highest BCUT2D eigenvalue weighted by Gasteiger charge is 2.31. The molecule has 42 heavy (non-hydrogen) atoms. The molecule has 10 nitrogen and oxygen atoms in total. The average Bonchev–Trinajstić information content (AvgIpc) is 3.41. The molecular weight excluding hydrogens is 602 g/mol. The van der Waals surface area contributed by atoms with E-state index in [1.165, 1.54) is 59.9 Å². The SMILES string of the molecule is COc1ccc(NS(=O)(=O)c2ccc(OCC(=O)Nc3ccc4c(c3)N(S(=O)(=O)c3ccc(Cl)cc3)CC4)cc2)cc1. The van der Waals surface area contributed by atoms with Gasteiger partial charge < -0.3 is 14.8 Å². The van der Waals surface area contributed by atoms with Crippen LogP contribution in [0.1, 0.15) is 5.56 Å². The second-order valence-corrected chi connectivity index (χ2v) is 13.2. The van der Waals surface area contributed by atoms with Crippen LogP contribution in [0, 0.1) is 0 Å². The number of anilines is 3. The van der Waals surface area contributed by atoms with Crippen molar-refractivity contribution in [1.29, 1.82) is 0 Å². The Kier molecular flexibility index (Phi) is 8.30. The van der Waals surface area contributed by atoms with E-state index in [9.17, 15) is 21.6 Å². The molecule has 4 aromatic carbocycles. The van der Waals surface area contributed by atoms with Crippen molar-refractivity contribution in [3.05, 3.63) is 102 Å². The van der Waals surface area contributed by atoms with Gasteiger partial charge in [0.25, 0.3) is 26.0 Å². The van der Waals surface area contributed by atoms with Crippen molar-refractivity contribution in [1.82, 2.24) is 0 Å². The van der Waals surface area contributed by atoms with Crippen LogP contribution in [0.25, 0.3) is 0 Å². The second-order valence-electron chi connectivity index (χ2n) is 9.27. The summed E-state index contributed by atoms with van der Waals surface area (Å²) in [5.41, 5.74) is 2.12. The van der Waals surface area contributed by atoms with Crippen molar-refractivity contribution in [3.8, 4) is 11.5 Å². The summed E-state index contributed by atoms with van der Waals surface area (Å²) in [6.07, 6.45) is 0.542. The molecule has 0 unspecified atom stereocenters. The topological polar surface area (TPSA) is 131 Å². The molecule has 1 heterocycles. The first-order valence-corrected chi connectivity index (χ1v) is 16.0. The molecule has 0 fully saturated rings. The summed E-state index contributed by atoms with van der Waals surface area (Å²) < 4.78 is 66.3. The first-order chi connectivity index (χ1) is 20.0. The number of nitrogens with zero attached hydrogens (tertiary/aromatic N) is 1. The molecule has 0 saturated carbocycles. The Morgan fingerprint density at radius 3 is 2.12 bits per heavy atom. The molecule has 2 N–H and O–H groups in total.